The van der Waals surface area contributed by atoms with Gasteiger partial charge < -0.3 is 20.5 Å². The molecule has 0 aromatic heterocycles. The van der Waals surface area contributed by atoms with Gasteiger partial charge in [0.15, 0.2) is 0 Å². The Morgan fingerprint density at radius 3 is 2.62 bits per heavy atom. The van der Waals surface area contributed by atoms with Crippen LogP contribution in [0.25, 0.3) is 0 Å². The Morgan fingerprint density at radius 2 is 2.00 bits per heavy atom. The van der Waals surface area contributed by atoms with Crippen LogP contribution < -0.4 is 10.6 Å². The van der Waals surface area contributed by atoms with Crippen LogP contribution in [-0.2, 0) is 9.53 Å². The van der Waals surface area contributed by atoms with Crippen LogP contribution >= 0.6 is 11.8 Å². The summed E-state index contributed by atoms with van der Waals surface area (Å²) in [7, 11) is 0. The second-order valence-corrected chi connectivity index (χ2v) is 6.96. The van der Waals surface area contributed by atoms with E-state index in [1.807, 2.05) is 11.8 Å². The quantitative estimate of drug-likeness (QED) is 0.733. The van der Waals surface area contributed by atoms with Gasteiger partial charge in [-0.15, -0.1) is 0 Å². The summed E-state index contributed by atoms with van der Waals surface area (Å²) >= 11 is 1.83. The maximum absolute atomic E-state index is 12.2. The summed E-state index contributed by atoms with van der Waals surface area (Å²) in [6.45, 7) is 0.731. The standard InChI is InChI=1S/C14H24N2O4S/c1-21-11-4-2-3-10(9-11)15-13(19)16-14(12(17)18)5-7-20-8-6-14/h10-11H,2-9H2,1H3,(H,17,18)(H2,15,16,19). The van der Waals surface area contributed by atoms with Crippen molar-refractivity contribution in [2.24, 2.45) is 0 Å². The summed E-state index contributed by atoms with van der Waals surface area (Å²) in [5.41, 5.74) is -1.18. The van der Waals surface area contributed by atoms with Gasteiger partial charge in [-0.1, -0.05) is 6.42 Å². The molecular weight excluding hydrogens is 292 g/mol. The number of carbonyl (C=O) groups excluding carboxylic acids is 1. The lowest BCUT2D eigenvalue weighted by molar-refractivity contribution is -0.148. The first-order valence-electron chi connectivity index (χ1n) is 7.48. The molecule has 2 aliphatic rings. The van der Waals surface area contributed by atoms with Gasteiger partial charge in [0, 0.05) is 37.3 Å². The van der Waals surface area contributed by atoms with Gasteiger partial charge >= 0.3 is 12.0 Å². The van der Waals surface area contributed by atoms with Gasteiger partial charge in [0.05, 0.1) is 0 Å². The summed E-state index contributed by atoms with van der Waals surface area (Å²) in [5.74, 6) is -0.980. The van der Waals surface area contributed by atoms with E-state index in [1.165, 1.54) is 6.42 Å². The fourth-order valence-corrected chi connectivity index (χ4v) is 3.87. The summed E-state index contributed by atoms with van der Waals surface area (Å²) < 4.78 is 5.20. The number of aliphatic carboxylic acids is 1. The fourth-order valence-electron chi connectivity index (χ4n) is 3.04. The van der Waals surface area contributed by atoms with E-state index < -0.39 is 11.5 Å². The van der Waals surface area contributed by atoms with Crippen LogP contribution in [0.1, 0.15) is 38.5 Å². The van der Waals surface area contributed by atoms with Crippen molar-refractivity contribution >= 4 is 23.8 Å². The number of ether oxygens (including phenoxy) is 1. The Morgan fingerprint density at radius 1 is 1.29 bits per heavy atom. The van der Waals surface area contributed by atoms with Gasteiger partial charge in [0.1, 0.15) is 5.54 Å². The number of amides is 2. The number of carboxylic acid groups (broad SMARTS) is 1. The molecule has 1 aliphatic heterocycles. The topological polar surface area (TPSA) is 87.7 Å². The number of rotatable bonds is 4. The SMILES string of the molecule is CSC1CCCC(NC(=O)NC2(C(=O)O)CCOCC2)C1. The van der Waals surface area contributed by atoms with Crippen molar-refractivity contribution in [3.63, 3.8) is 0 Å². The van der Waals surface area contributed by atoms with E-state index in [0.717, 1.165) is 19.3 Å². The summed E-state index contributed by atoms with van der Waals surface area (Å²) in [6.07, 6.45) is 6.94. The molecule has 0 radical (unpaired) electrons. The number of carbonyl (C=O) groups is 2. The lowest BCUT2D eigenvalue weighted by Crippen LogP contribution is -2.60. The number of nitrogens with one attached hydrogen (secondary N) is 2. The van der Waals surface area contributed by atoms with Gasteiger partial charge in [0.2, 0.25) is 0 Å². The Hall–Kier alpha value is -0.950. The molecule has 0 bridgehead atoms. The Balaban J connectivity index is 1.89. The molecular formula is C14H24N2O4S. The van der Waals surface area contributed by atoms with Crippen LogP contribution in [0.4, 0.5) is 4.79 Å². The zero-order valence-corrected chi connectivity index (χ0v) is 13.2. The number of urea groups is 1. The Kier molecular flexibility index (Phi) is 5.75. The van der Waals surface area contributed by atoms with Crippen LogP contribution in [0.2, 0.25) is 0 Å². The number of hydrogen-bond donors (Lipinski definition) is 3. The molecule has 7 heteroatoms. The second-order valence-electron chi connectivity index (χ2n) is 5.82. The van der Waals surface area contributed by atoms with Gasteiger partial charge in [0.25, 0.3) is 0 Å². The first-order valence-corrected chi connectivity index (χ1v) is 8.77. The van der Waals surface area contributed by atoms with Crippen molar-refractivity contribution < 1.29 is 19.4 Å². The fraction of sp³-hybridized carbons (Fsp3) is 0.857. The van der Waals surface area contributed by atoms with E-state index in [-0.39, 0.29) is 12.1 Å². The summed E-state index contributed by atoms with van der Waals surface area (Å²) in [4.78, 5) is 23.7. The third-order valence-corrected chi connectivity index (χ3v) is 5.50. The smallest absolute Gasteiger partial charge is 0.329 e. The molecule has 2 amide bonds. The van der Waals surface area contributed by atoms with E-state index in [1.54, 1.807) is 0 Å². The minimum atomic E-state index is -1.18. The molecule has 1 saturated heterocycles. The summed E-state index contributed by atoms with van der Waals surface area (Å²) in [6, 6.07) is -0.229. The predicted molar refractivity (Wildman–Crippen MR) is 81.6 cm³/mol. The number of hydrogen-bond acceptors (Lipinski definition) is 4. The molecule has 2 unspecified atom stereocenters. The highest BCUT2D eigenvalue weighted by Gasteiger charge is 2.42. The van der Waals surface area contributed by atoms with Crippen LogP contribution in [0.15, 0.2) is 0 Å². The van der Waals surface area contributed by atoms with Crippen molar-refractivity contribution in [1.82, 2.24) is 10.6 Å². The highest BCUT2D eigenvalue weighted by molar-refractivity contribution is 7.99. The molecule has 21 heavy (non-hydrogen) atoms. The maximum atomic E-state index is 12.2. The van der Waals surface area contributed by atoms with Crippen molar-refractivity contribution in [3.8, 4) is 0 Å². The zero-order valence-electron chi connectivity index (χ0n) is 12.4. The molecule has 2 fully saturated rings. The van der Waals surface area contributed by atoms with Crippen LogP contribution in [0.3, 0.4) is 0 Å². The van der Waals surface area contributed by atoms with E-state index in [4.69, 9.17) is 4.74 Å². The summed E-state index contributed by atoms with van der Waals surface area (Å²) in [5, 5.41) is 15.6. The average molecular weight is 316 g/mol. The van der Waals surface area contributed by atoms with Gasteiger partial charge in [-0.2, -0.15) is 11.8 Å². The first kappa shape index (κ1) is 16.4. The zero-order chi connectivity index (χ0) is 15.3. The largest absolute Gasteiger partial charge is 0.480 e. The number of thioether (sulfide) groups is 1. The molecule has 1 heterocycles. The van der Waals surface area contributed by atoms with E-state index in [0.29, 0.717) is 31.3 Å². The Bertz CT molecular complexity index is 385. The van der Waals surface area contributed by atoms with Crippen LogP contribution in [-0.4, -0.2) is 53.4 Å². The molecule has 6 nitrogen and oxygen atoms in total. The predicted octanol–water partition coefficient (Wildman–Crippen LogP) is 1.59. The molecule has 0 aromatic carbocycles. The molecule has 120 valence electrons. The third-order valence-electron chi connectivity index (χ3n) is 4.40. The molecule has 3 N–H and O–H groups in total. The van der Waals surface area contributed by atoms with Gasteiger partial charge in [-0.05, 0) is 25.5 Å². The molecule has 2 rings (SSSR count). The van der Waals surface area contributed by atoms with E-state index in [9.17, 15) is 14.7 Å². The first-order chi connectivity index (χ1) is 10.1. The normalized spacial score (nSPS) is 28.6. The molecule has 2 atom stereocenters. The van der Waals surface area contributed by atoms with Crippen molar-refractivity contribution in [2.45, 2.75) is 55.4 Å². The maximum Gasteiger partial charge on any atom is 0.329 e. The molecule has 0 aromatic rings. The van der Waals surface area contributed by atoms with Crippen molar-refractivity contribution in [1.29, 1.82) is 0 Å². The van der Waals surface area contributed by atoms with Crippen molar-refractivity contribution in [2.75, 3.05) is 19.5 Å². The average Bonchev–Trinajstić information content (AvgIpc) is 2.48. The number of carboxylic acids is 1. The minimum Gasteiger partial charge on any atom is -0.480 e. The van der Waals surface area contributed by atoms with Crippen LogP contribution in [0, 0.1) is 0 Å². The highest BCUT2D eigenvalue weighted by Crippen LogP contribution is 2.27. The molecule has 1 aliphatic carbocycles. The lowest BCUT2D eigenvalue weighted by Gasteiger charge is -2.35. The lowest BCUT2D eigenvalue weighted by atomic mass is 9.90. The molecule has 0 spiro atoms. The molecule has 1 saturated carbocycles. The van der Waals surface area contributed by atoms with E-state index in [2.05, 4.69) is 16.9 Å². The second kappa shape index (κ2) is 7.35. The van der Waals surface area contributed by atoms with Crippen molar-refractivity contribution in [3.05, 3.63) is 0 Å². The van der Waals surface area contributed by atoms with Crippen LogP contribution in [0.5, 0.6) is 0 Å². The third kappa shape index (κ3) is 4.26. The highest BCUT2D eigenvalue weighted by atomic mass is 32.2. The Labute approximate surface area is 129 Å². The van der Waals surface area contributed by atoms with Gasteiger partial charge in [-0.3, -0.25) is 0 Å². The monoisotopic (exact) mass is 316 g/mol. The van der Waals surface area contributed by atoms with E-state index >= 15 is 0 Å². The van der Waals surface area contributed by atoms with Gasteiger partial charge in [-0.25, -0.2) is 9.59 Å². The minimum absolute atomic E-state index is 0.141.